The normalized spacial score (nSPS) is 17.0. The number of aliphatic hydroxyl groups is 1. The summed E-state index contributed by atoms with van der Waals surface area (Å²) in [6.45, 7) is 5.33. The smallest absolute Gasteiger partial charge is 0.196 e. The molecule has 0 spiro atoms. The van der Waals surface area contributed by atoms with E-state index in [1.807, 2.05) is 6.92 Å². The van der Waals surface area contributed by atoms with E-state index < -0.39 is 0 Å². The lowest BCUT2D eigenvalue weighted by molar-refractivity contribution is 0.248. The number of fused-ring (bicyclic) bond motifs is 3. The highest BCUT2D eigenvalue weighted by Gasteiger charge is 2.29. The van der Waals surface area contributed by atoms with Gasteiger partial charge in [-0.05, 0) is 12.5 Å². The summed E-state index contributed by atoms with van der Waals surface area (Å²) >= 11 is 0. The van der Waals surface area contributed by atoms with Gasteiger partial charge in [-0.3, -0.25) is 4.79 Å². The molecule has 1 atom stereocenters. The van der Waals surface area contributed by atoms with E-state index in [1.165, 1.54) is 12.1 Å². The lowest BCUT2D eigenvalue weighted by atomic mass is 10.0. The van der Waals surface area contributed by atoms with Crippen LogP contribution < -0.4 is 10.2 Å². The van der Waals surface area contributed by atoms with Crippen molar-refractivity contribution in [2.75, 3.05) is 0 Å². The van der Waals surface area contributed by atoms with Crippen molar-refractivity contribution >= 4 is 11.0 Å². The first-order valence-electron chi connectivity index (χ1n) is 6.25. The zero-order chi connectivity index (χ0) is 14.4. The predicted octanol–water partition coefficient (Wildman–Crippen LogP) is 1.87. The first-order valence-corrected chi connectivity index (χ1v) is 6.25. The third-order valence-corrected chi connectivity index (χ3v) is 3.46. The van der Waals surface area contributed by atoms with Crippen LogP contribution in [0.5, 0.6) is 11.5 Å². The molecule has 5 heteroatoms. The molecule has 1 aromatic carbocycles. The van der Waals surface area contributed by atoms with Crippen LogP contribution in [0, 0.1) is 0 Å². The van der Waals surface area contributed by atoms with Crippen LogP contribution in [0.15, 0.2) is 33.5 Å². The van der Waals surface area contributed by atoms with Gasteiger partial charge in [0.25, 0.3) is 0 Å². The van der Waals surface area contributed by atoms with Gasteiger partial charge in [0.05, 0.1) is 0 Å². The van der Waals surface area contributed by atoms with E-state index in [4.69, 9.17) is 14.3 Å². The standard InChI is InChI=1S/C15H14O5/c1-7(2)12-4-9-13(20-12)5-11(18)14-10(17)3-8(6-16)19-15(9)14/h3,5,12,16,18H,1,4,6H2,2H3. The Balaban J connectivity index is 2.31. The highest BCUT2D eigenvalue weighted by atomic mass is 16.5. The lowest BCUT2D eigenvalue weighted by Gasteiger charge is -2.09. The zero-order valence-electron chi connectivity index (χ0n) is 11.0. The molecule has 1 aliphatic rings. The minimum absolute atomic E-state index is 0.118. The molecule has 0 bridgehead atoms. The molecule has 0 saturated heterocycles. The van der Waals surface area contributed by atoms with Crippen molar-refractivity contribution < 1.29 is 19.4 Å². The van der Waals surface area contributed by atoms with Crippen molar-refractivity contribution in [1.82, 2.24) is 0 Å². The molecule has 1 unspecified atom stereocenters. The fourth-order valence-electron chi connectivity index (χ4n) is 2.42. The molecule has 5 nitrogen and oxygen atoms in total. The minimum atomic E-state index is -0.380. The van der Waals surface area contributed by atoms with Gasteiger partial charge < -0.3 is 19.4 Å². The number of rotatable bonds is 2. The Morgan fingerprint density at radius 2 is 2.25 bits per heavy atom. The maximum atomic E-state index is 12.0. The van der Waals surface area contributed by atoms with E-state index >= 15 is 0 Å². The molecule has 1 aromatic heterocycles. The van der Waals surface area contributed by atoms with Gasteiger partial charge in [-0.1, -0.05) is 6.58 Å². The van der Waals surface area contributed by atoms with Crippen LogP contribution in [-0.4, -0.2) is 16.3 Å². The molecule has 0 amide bonds. The third kappa shape index (κ3) is 1.78. The molecule has 0 radical (unpaired) electrons. The number of aliphatic hydroxyl groups excluding tert-OH is 1. The molecule has 2 aromatic rings. The summed E-state index contributed by atoms with van der Waals surface area (Å²) in [6, 6.07) is 2.61. The maximum absolute atomic E-state index is 12.0. The average Bonchev–Trinajstić information content (AvgIpc) is 2.82. The van der Waals surface area contributed by atoms with Gasteiger partial charge in [-0.2, -0.15) is 0 Å². The van der Waals surface area contributed by atoms with E-state index in [2.05, 4.69) is 6.58 Å². The second-order valence-electron chi connectivity index (χ2n) is 4.97. The number of ether oxygens (including phenoxy) is 1. The highest BCUT2D eigenvalue weighted by Crippen LogP contribution is 2.40. The number of benzene rings is 1. The molecule has 0 fully saturated rings. The van der Waals surface area contributed by atoms with Gasteiger partial charge in [0.2, 0.25) is 0 Å². The number of hydrogen-bond donors (Lipinski definition) is 2. The quantitative estimate of drug-likeness (QED) is 0.817. The molecular weight excluding hydrogens is 260 g/mol. The third-order valence-electron chi connectivity index (χ3n) is 3.46. The van der Waals surface area contributed by atoms with Gasteiger partial charge in [0, 0.05) is 24.1 Å². The van der Waals surface area contributed by atoms with Crippen LogP contribution in [-0.2, 0) is 13.0 Å². The Morgan fingerprint density at radius 3 is 2.90 bits per heavy atom. The Bertz CT molecular complexity index is 772. The van der Waals surface area contributed by atoms with Crippen molar-refractivity contribution in [3.8, 4) is 11.5 Å². The van der Waals surface area contributed by atoms with E-state index in [0.717, 1.165) is 11.1 Å². The van der Waals surface area contributed by atoms with E-state index in [-0.39, 0.29) is 40.6 Å². The van der Waals surface area contributed by atoms with Crippen LogP contribution in [0.1, 0.15) is 18.2 Å². The minimum Gasteiger partial charge on any atom is -0.507 e. The molecule has 104 valence electrons. The zero-order valence-corrected chi connectivity index (χ0v) is 11.0. The number of aromatic hydroxyl groups is 1. The molecule has 3 rings (SSSR count). The Kier molecular flexibility index (Phi) is 2.79. The van der Waals surface area contributed by atoms with Crippen LogP contribution >= 0.6 is 0 Å². The SMILES string of the molecule is C=C(C)C1Cc2c(cc(O)c3c(=O)cc(CO)oc23)O1. The average molecular weight is 274 g/mol. The van der Waals surface area contributed by atoms with E-state index in [9.17, 15) is 9.90 Å². The van der Waals surface area contributed by atoms with Gasteiger partial charge in [0.15, 0.2) is 5.43 Å². The fraction of sp³-hybridized carbons (Fsp3) is 0.267. The second kappa shape index (κ2) is 4.38. The topological polar surface area (TPSA) is 79.9 Å². The van der Waals surface area contributed by atoms with Crippen molar-refractivity contribution in [2.24, 2.45) is 0 Å². The first kappa shape index (κ1) is 12.7. The summed E-state index contributed by atoms with van der Waals surface area (Å²) in [5.74, 6) is 0.467. The highest BCUT2D eigenvalue weighted by molar-refractivity contribution is 5.88. The summed E-state index contributed by atoms with van der Waals surface area (Å²) in [7, 11) is 0. The van der Waals surface area contributed by atoms with Crippen LogP contribution in [0.3, 0.4) is 0 Å². The second-order valence-corrected chi connectivity index (χ2v) is 4.97. The van der Waals surface area contributed by atoms with Crippen LogP contribution in [0.2, 0.25) is 0 Å². The molecule has 0 aliphatic carbocycles. The number of hydrogen-bond acceptors (Lipinski definition) is 5. The number of phenolic OH excluding ortho intramolecular Hbond substituents is 1. The largest absolute Gasteiger partial charge is 0.507 e. The van der Waals surface area contributed by atoms with E-state index in [1.54, 1.807) is 0 Å². The van der Waals surface area contributed by atoms with Crippen molar-refractivity contribution in [2.45, 2.75) is 26.1 Å². The summed E-state index contributed by atoms with van der Waals surface area (Å²) in [6.07, 6.45) is 0.331. The van der Waals surface area contributed by atoms with Crippen molar-refractivity contribution in [3.63, 3.8) is 0 Å². The van der Waals surface area contributed by atoms with E-state index in [0.29, 0.717) is 12.2 Å². The summed E-state index contributed by atoms with van der Waals surface area (Å²) < 4.78 is 11.2. The van der Waals surface area contributed by atoms with Gasteiger partial charge in [0.1, 0.15) is 40.9 Å². The van der Waals surface area contributed by atoms with Crippen molar-refractivity contribution in [1.29, 1.82) is 0 Å². The van der Waals surface area contributed by atoms with Crippen LogP contribution in [0.4, 0.5) is 0 Å². The maximum Gasteiger partial charge on any atom is 0.196 e. The summed E-state index contributed by atoms with van der Waals surface area (Å²) in [4.78, 5) is 12.0. The fourth-order valence-corrected chi connectivity index (χ4v) is 2.42. The monoisotopic (exact) mass is 274 g/mol. The van der Waals surface area contributed by atoms with Gasteiger partial charge in [-0.15, -0.1) is 0 Å². The first-order chi connectivity index (χ1) is 9.51. The predicted molar refractivity (Wildman–Crippen MR) is 73.0 cm³/mol. The summed E-state index contributed by atoms with van der Waals surface area (Å²) in [5.41, 5.74) is 1.47. The van der Waals surface area contributed by atoms with Gasteiger partial charge >= 0.3 is 0 Å². The molecule has 0 saturated carbocycles. The Labute approximate surface area is 114 Å². The Hall–Kier alpha value is -2.27. The van der Waals surface area contributed by atoms with Crippen LogP contribution in [0.25, 0.3) is 11.0 Å². The molecule has 2 heterocycles. The molecular formula is C15H14O5. The lowest BCUT2D eigenvalue weighted by Crippen LogP contribution is -2.13. The molecule has 1 aliphatic heterocycles. The number of phenols is 1. The summed E-state index contributed by atoms with van der Waals surface area (Å²) in [5, 5.41) is 19.2. The Morgan fingerprint density at radius 1 is 1.50 bits per heavy atom. The van der Waals surface area contributed by atoms with Crippen molar-refractivity contribution in [3.05, 3.63) is 45.8 Å². The molecule has 2 N–H and O–H groups in total. The molecule has 20 heavy (non-hydrogen) atoms. The van der Waals surface area contributed by atoms with Gasteiger partial charge in [-0.25, -0.2) is 0 Å².